The van der Waals surface area contributed by atoms with E-state index in [0.717, 1.165) is 12.8 Å². The number of hydrogen-bond donors (Lipinski definition) is 2. The molecule has 8 heteroatoms. The molecule has 0 spiro atoms. The normalized spacial score (nSPS) is 16.8. The van der Waals surface area contributed by atoms with Crippen LogP contribution in [0.1, 0.15) is 45.4 Å². The molecule has 0 bridgehead atoms. The highest BCUT2D eigenvalue weighted by Gasteiger charge is 2.22. The predicted octanol–water partition coefficient (Wildman–Crippen LogP) is 3.12. The number of thioether (sulfide) groups is 1. The zero-order valence-electron chi connectivity index (χ0n) is 14.8. The van der Waals surface area contributed by atoms with Crippen LogP contribution < -0.4 is 11.2 Å². The Bertz CT molecular complexity index is 758. The molecule has 0 aliphatic heterocycles. The van der Waals surface area contributed by atoms with Crippen LogP contribution in [0.15, 0.2) is 29.4 Å². The van der Waals surface area contributed by atoms with Gasteiger partial charge in [-0.3, -0.25) is 4.79 Å². The van der Waals surface area contributed by atoms with E-state index in [1.54, 1.807) is 12.1 Å². The van der Waals surface area contributed by atoms with Crippen molar-refractivity contribution in [2.45, 2.75) is 61.9 Å². The third-order valence-electron chi connectivity index (χ3n) is 4.60. The fourth-order valence-electron chi connectivity index (χ4n) is 3.14. The topological polar surface area (TPSA) is 85.8 Å². The molecular formula is C18H24FN5OS. The molecule has 1 atom stereocenters. The number of rotatable bonds is 5. The van der Waals surface area contributed by atoms with Crippen molar-refractivity contribution in [3.8, 4) is 11.4 Å². The fraction of sp³-hybridized carbons (Fsp3) is 0.500. The van der Waals surface area contributed by atoms with Gasteiger partial charge in [0, 0.05) is 11.6 Å². The molecule has 1 aromatic heterocycles. The third-order valence-corrected chi connectivity index (χ3v) is 5.66. The van der Waals surface area contributed by atoms with Crippen LogP contribution in [0, 0.1) is 5.82 Å². The summed E-state index contributed by atoms with van der Waals surface area (Å²) < 4.78 is 14.7. The summed E-state index contributed by atoms with van der Waals surface area (Å²) in [7, 11) is 0. The highest BCUT2D eigenvalue weighted by Crippen LogP contribution is 2.25. The van der Waals surface area contributed by atoms with E-state index < -0.39 is 0 Å². The monoisotopic (exact) mass is 377 g/mol. The van der Waals surface area contributed by atoms with Gasteiger partial charge in [0.1, 0.15) is 5.82 Å². The first-order valence-electron chi connectivity index (χ1n) is 8.98. The van der Waals surface area contributed by atoms with Gasteiger partial charge in [0.2, 0.25) is 11.1 Å². The summed E-state index contributed by atoms with van der Waals surface area (Å²) in [6.45, 7) is 1.83. The number of nitrogens with zero attached hydrogens (tertiary/aromatic N) is 3. The minimum atomic E-state index is -0.365. The summed E-state index contributed by atoms with van der Waals surface area (Å²) in [5.74, 6) is 6.04. The first-order chi connectivity index (χ1) is 12.5. The van der Waals surface area contributed by atoms with E-state index in [0.29, 0.717) is 16.5 Å². The standard InChI is InChI=1S/C18H24FN5OS/c1-12(17(25)21-15-9-4-2-3-5-10-15)26-18-23-22-16(24(18)20)13-7-6-8-14(19)11-13/h6-8,11-12,15H,2-5,9-10,20H2,1H3,(H,21,25)/t12-/m1/s1. The van der Waals surface area contributed by atoms with Crippen LogP contribution in [0.5, 0.6) is 0 Å². The van der Waals surface area contributed by atoms with E-state index in [1.165, 1.54) is 54.3 Å². The molecule has 1 amide bonds. The predicted molar refractivity (Wildman–Crippen MR) is 101 cm³/mol. The quantitative estimate of drug-likeness (QED) is 0.475. The SMILES string of the molecule is C[C@@H](Sc1nnc(-c2cccc(F)c2)n1N)C(=O)NC1CCCCCC1. The highest BCUT2D eigenvalue weighted by atomic mass is 32.2. The van der Waals surface area contributed by atoms with E-state index in [9.17, 15) is 9.18 Å². The van der Waals surface area contributed by atoms with Gasteiger partial charge in [-0.2, -0.15) is 0 Å². The number of nitrogen functional groups attached to an aromatic ring is 1. The Labute approximate surface area is 156 Å². The number of carbonyl (C=O) groups excluding carboxylic acids is 1. The first-order valence-corrected chi connectivity index (χ1v) is 9.86. The van der Waals surface area contributed by atoms with Crippen LogP contribution in [-0.2, 0) is 4.79 Å². The minimum Gasteiger partial charge on any atom is -0.352 e. The smallest absolute Gasteiger partial charge is 0.233 e. The largest absolute Gasteiger partial charge is 0.352 e. The molecule has 0 radical (unpaired) electrons. The summed E-state index contributed by atoms with van der Waals surface area (Å²) in [6.07, 6.45) is 6.91. The van der Waals surface area contributed by atoms with Crippen molar-refractivity contribution in [1.29, 1.82) is 0 Å². The molecule has 1 heterocycles. The molecule has 1 saturated carbocycles. The Kier molecular flexibility index (Phi) is 6.13. The van der Waals surface area contributed by atoms with Gasteiger partial charge in [-0.15, -0.1) is 10.2 Å². The molecule has 1 aliphatic rings. The molecule has 6 nitrogen and oxygen atoms in total. The Morgan fingerprint density at radius 1 is 1.31 bits per heavy atom. The van der Waals surface area contributed by atoms with E-state index in [-0.39, 0.29) is 23.0 Å². The van der Waals surface area contributed by atoms with Gasteiger partial charge in [-0.25, -0.2) is 9.07 Å². The van der Waals surface area contributed by atoms with Gasteiger partial charge in [0.05, 0.1) is 5.25 Å². The molecule has 3 rings (SSSR count). The Morgan fingerprint density at radius 3 is 2.73 bits per heavy atom. The lowest BCUT2D eigenvalue weighted by Crippen LogP contribution is -2.39. The zero-order chi connectivity index (χ0) is 18.5. The van der Waals surface area contributed by atoms with Crippen molar-refractivity contribution < 1.29 is 9.18 Å². The Hall–Kier alpha value is -2.09. The number of hydrogen-bond acceptors (Lipinski definition) is 5. The van der Waals surface area contributed by atoms with E-state index in [1.807, 2.05) is 6.92 Å². The third kappa shape index (κ3) is 4.55. The number of halogens is 1. The van der Waals surface area contributed by atoms with Crippen molar-refractivity contribution >= 4 is 17.7 Å². The highest BCUT2D eigenvalue weighted by molar-refractivity contribution is 8.00. The van der Waals surface area contributed by atoms with Crippen LogP contribution in [0.3, 0.4) is 0 Å². The lowest BCUT2D eigenvalue weighted by Gasteiger charge is -2.19. The van der Waals surface area contributed by atoms with Crippen LogP contribution in [-0.4, -0.2) is 32.1 Å². The molecule has 1 fully saturated rings. The number of nitrogens with one attached hydrogen (secondary N) is 1. The van der Waals surface area contributed by atoms with Gasteiger partial charge in [0.25, 0.3) is 0 Å². The molecule has 0 saturated heterocycles. The van der Waals surface area contributed by atoms with Gasteiger partial charge < -0.3 is 11.2 Å². The summed E-state index contributed by atoms with van der Waals surface area (Å²) >= 11 is 1.25. The average Bonchev–Trinajstić information content (AvgIpc) is 2.82. The number of aromatic nitrogens is 3. The lowest BCUT2D eigenvalue weighted by atomic mass is 10.1. The van der Waals surface area contributed by atoms with Crippen molar-refractivity contribution in [2.75, 3.05) is 5.84 Å². The molecule has 1 aliphatic carbocycles. The molecule has 0 unspecified atom stereocenters. The van der Waals surface area contributed by atoms with Gasteiger partial charge >= 0.3 is 0 Å². The van der Waals surface area contributed by atoms with Gasteiger partial charge in [0.15, 0.2) is 5.82 Å². The molecule has 140 valence electrons. The van der Waals surface area contributed by atoms with Crippen LogP contribution in [0.4, 0.5) is 4.39 Å². The molecular weight excluding hydrogens is 353 g/mol. The lowest BCUT2D eigenvalue weighted by molar-refractivity contribution is -0.121. The van der Waals surface area contributed by atoms with E-state index >= 15 is 0 Å². The maximum atomic E-state index is 13.4. The van der Waals surface area contributed by atoms with Gasteiger partial charge in [-0.1, -0.05) is 49.6 Å². The molecule has 1 aromatic carbocycles. The second-order valence-corrected chi connectivity index (χ2v) is 7.95. The number of benzene rings is 1. The van der Waals surface area contributed by atoms with Gasteiger partial charge in [-0.05, 0) is 31.9 Å². The van der Waals surface area contributed by atoms with Crippen molar-refractivity contribution in [3.63, 3.8) is 0 Å². The van der Waals surface area contributed by atoms with Crippen LogP contribution >= 0.6 is 11.8 Å². The van der Waals surface area contributed by atoms with Crippen molar-refractivity contribution in [3.05, 3.63) is 30.1 Å². The fourth-order valence-corrected chi connectivity index (χ4v) is 3.92. The molecule has 3 N–H and O–H groups in total. The molecule has 26 heavy (non-hydrogen) atoms. The number of amides is 1. The summed E-state index contributed by atoms with van der Waals surface area (Å²) in [5, 5.41) is 11.3. The summed E-state index contributed by atoms with van der Waals surface area (Å²) in [5.41, 5.74) is 0.544. The van der Waals surface area contributed by atoms with Crippen molar-refractivity contribution in [2.24, 2.45) is 0 Å². The number of carbonyl (C=O) groups is 1. The molecule has 2 aromatic rings. The first kappa shape index (κ1) is 18.7. The van der Waals surface area contributed by atoms with Crippen LogP contribution in [0.2, 0.25) is 0 Å². The maximum Gasteiger partial charge on any atom is 0.233 e. The maximum absolute atomic E-state index is 13.4. The Balaban J connectivity index is 1.64. The van der Waals surface area contributed by atoms with E-state index in [2.05, 4.69) is 15.5 Å². The second-order valence-electron chi connectivity index (χ2n) is 6.64. The van der Waals surface area contributed by atoms with Crippen LogP contribution in [0.25, 0.3) is 11.4 Å². The summed E-state index contributed by atoms with van der Waals surface area (Å²) in [6, 6.07) is 6.27. The van der Waals surface area contributed by atoms with E-state index in [4.69, 9.17) is 5.84 Å². The summed E-state index contributed by atoms with van der Waals surface area (Å²) in [4.78, 5) is 12.5. The zero-order valence-corrected chi connectivity index (χ0v) is 15.6. The van der Waals surface area contributed by atoms with Crippen molar-refractivity contribution in [1.82, 2.24) is 20.2 Å². The Morgan fingerprint density at radius 2 is 2.04 bits per heavy atom. The second kappa shape index (κ2) is 8.53. The average molecular weight is 377 g/mol. The minimum absolute atomic E-state index is 0.0165. The number of nitrogens with two attached hydrogens (primary N) is 1.